The summed E-state index contributed by atoms with van der Waals surface area (Å²) in [6.45, 7) is 1.88. The Morgan fingerprint density at radius 3 is 2.53 bits per heavy atom. The highest BCUT2D eigenvalue weighted by Gasteiger charge is 2.17. The summed E-state index contributed by atoms with van der Waals surface area (Å²) in [6, 6.07) is 21.2. The van der Waals surface area contributed by atoms with Crippen molar-refractivity contribution >= 4 is 51.5 Å². The monoisotopic (exact) mass is 492 g/mol. The number of nitrogens with two attached hydrogens (primary N) is 1. The summed E-state index contributed by atoms with van der Waals surface area (Å²) in [7, 11) is 0. The zero-order valence-corrected chi connectivity index (χ0v) is 20.4. The average molecular weight is 493 g/mol. The molecule has 0 fully saturated rings. The number of aromatic amines is 1. The number of pyridine rings is 1. The molecule has 5 rings (SSSR count). The molecular weight excluding hydrogens is 468 g/mol. The number of benzene rings is 2. The SMILES string of the molecule is CC(C(=O)Nc1cnc2[nH]cc(C=C(C(N)=O)c3ccccc3)c2c1)c1ccc(-c2ccsc2)cc1. The van der Waals surface area contributed by atoms with Crippen LogP contribution in [0, 0.1) is 0 Å². The predicted octanol–water partition coefficient (Wildman–Crippen LogP) is 6.06. The van der Waals surface area contributed by atoms with Gasteiger partial charge in [0.25, 0.3) is 0 Å². The van der Waals surface area contributed by atoms with Crippen molar-refractivity contribution in [1.29, 1.82) is 0 Å². The molecule has 5 aromatic rings. The van der Waals surface area contributed by atoms with Crippen LogP contribution in [0.15, 0.2) is 89.9 Å². The Labute approximate surface area is 212 Å². The largest absolute Gasteiger partial charge is 0.366 e. The van der Waals surface area contributed by atoms with Crippen molar-refractivity contribution in [3.63, 3.8) is 0 Å². The van der Waals surface area contributed by atoms with Crippen LogP contribution in [0.2, 0.25) is 0 Å². The van der Waals surface area contributed by atoms with Crippen molar-refractivity contribution in [2.75, 3.05) is 5.32 Å². The van der Waals surface area contributed by atoms with Crippen molar-refractivity contribution in [3.05, 3.63) is 107 Å². The second-order valence-electron chi connectivity index (χ2n) is 8.50. The van der Waals surface area contributed by atoms with Crippen LogP contribution >= 0.6 is 11.3 Å². The Bertz CT molecular complexity index is 1550. The van der Waals surface area contributed by atoms with Gasteiger partial charge in [0.1, 0.15) is 5.65 Å². The topological polar surface area (TPSA) is 101 Å². The van der Waals surface area contributed by atoms with Crippen molar-refractivity contribution in [1.82, 2.24) is 9.97 Å². The lowest BCUT2D eigenvalue weighted by molar-refractivity contribution is -0.117. The Kier molecular flexibility index (Phi) is 6.47. The van der Waals surface area contributed by atoms with Gasteiger partial charge in [-0.1, -0.05) is 54.6 Å². The van der Waals surface area contributed by atoms with Crippen molar-refractivity contribution in [2.24, 2.45) is 5.73 Å². The lowest BCUT2D eigenvalue weighted by Gasteiger charge is -2.13. The maximum Gasteiger partial charge on any atom is 0.249 e. The van der Waals surface area contributed by atoms with Gasteiger partial charge < -0.3 is 16.0 Å². The number of nitrogens with one attached hydrogen (secondary N) is 2. The van der Waals surface area contributed by atoms with E-state index in [1.165, 1.54) is 5.56 Å². The summed E-state index contributed by atoms with van der Waals surface area (Å²) >= 11 is 1.66. The molecule has 0 radical (unpaired) electrons. The van der Waals surface area contributed by atoms with Crippen LogP contribution in [0.25, 0.3) is 33.8 Å². The predicted molar refractivity (Wildman–Crippen MR) is 146 cm³/mol. The molecule has 0 saturated carbocycles. The van der Waals surface area contributed by atoms with Crippen molar-refractivity contribution in [3.8, 4) is 11.1 Å². The number of H-pyrrole nitrogens is 1. The van der Waals surface area contributed by atoms with E-state index in [9.17, 15) is 9.59 Å². The molecule has 0 spiro atoms. The Morgan fingerprint density at radius 1 is 1.06 bits per heavy atom. The fourth-order valence-electron chi connectivity index (χ4n) is 4.08. The summed E-state index contributed by atoms with van der Waals surface area (Å²) < 4.78 is 0. The Balaban J connectivity index is 1.38. The van der Waals surface area contributed by atoms with Crippen molar-refractivity contribution in [2.45, 2.75) is 12.8 Å². The Hall–Kier alpha value is -4.49. The smallest absolute Gasteiger partial charge is 0.249 e. The number of primary amides is 1. The molecule has 0 bridgehead atoms. The normalized spacial score (nSPS) is 12.4. The zero-order valence-electron chi connectivity index (χ0n) is 19.6. The van der Waals surface area contributed by atoms with E-state index in [0.29, 0.717) is 16.9 Å². The molecule has 3 aromatic heterocycles. The minimum atomic E-state index is -0.521. The maximum atomic E-state index is 13.0. The van der Waals surface area contributed by atoms with Gasteiger partial charge in [-0.25, -0.2) is 4.98 Å². The molecule has 0 aliphatic heterocycles. The molecule has 7 heteroatoms. The second kappa shape index (κ2) is 10.0. The molecule has 2 aromatic carbocycles. The highest BCUT2D eigenvalue weighted by atomic mass is 32.1. The minimum absolute atomic E-state index is 0.130. The molecule has 0 aliphatic carbocycles. The van der Waals surface area contributed by atoms with E-state index in [-0.39, 0.29) is 11.8 Å². The van der Waals surface area contributed by atoms with Gasteiger partial charge in [-0.2, -0.15) is 11.3 Å². The van der Waals surface area contributed by atoms with E-state index >= 15 is 0 Å². The molecule has 4 N–H and O–H groups in total. The van der Waals surface area contributed by atoms with Gasteiger partial charge in [-0.15, -0.1) is 0 Å². The highest BCUT2D eigenvalue weighted by Crippen LogP contribution is 2.27. The second-order valence-corrected chi connectivity index (χ2v) is 9.28. The van der Waals surface area contributed by atoms with Gasteiger partial charge in [0.2, 0.25) is 11.8 Å². The third-order valence-corrected chi connectivity index (χ3v) is 6.82. The molecule has 36 heavy (non-hydrogen) atoms. The summed E-state index contributed by atoms with van der Waals surface area (Å²) in [5, 5.41) is 7.90. The number of thiophene rings is 1. The third kappa shape index (κ3) is 4.82. The summed E-state index contributed by atoms with van der Waals surface area (Å²) in [6.07, 6.45) is 5.12. The number of aromatic nitrogens is 2. The lowest BCUT2D eigenvalue weighted by Crippen LogP contribution is -2.18. The third-order valence-electron chi connectivity index (χ3n) is 6.14. The first kappa shape index (κ1) is 23.3. The van der Waals surface area contributed by atoms with E-state index in [2.05, 4.69) is 26.7 Å². The van der Waals surface area contributed by atoms with Gasteiger partial charge in [0, 0.05) is 22.7 Å². The molecule has 0 saturated heterocycles. The van der Waals surface area contributed by atoms with E-state index in [4.69, 9.17) is 5.73 Å². The molecule has 3 heterocycles. The van der Waals surface area contributed by atoms with Gasteiger partial charge in [-0.05, 0) is 58.1 Å². The molecule has 6 nitrogen and oxygen atoms in total. The summed E-state index contributed by atoms with van der Waals surface area (Å²) in [5.41, 5.74) is 12.0. The molecule has 1 unspecified atom stereocenters. The maximum absolute atomic E-state index is 13.0. The fourth-order valence-corrected chi connectivity index (χ4v) is 4.74. The number of rotatable bonds is 7. The molecular formula is C29H24N4O2S. The fraction of sp³-hybridized carbons (Fsp3) is 0.0690. The quantitative estimate of drug-likeness (QED) is 0.241. The molecule has 0 aliphatic rings. The van der Waals surface area contributed by atoms with Crippen LogP contribution in [0.5, 0.6) is 0 Å². The number of hydrogen-bond acceptors (Lipinski definition) is 4. The van der Waals surface area contributed by atoms with Crippen LogP contribution in [0.4, 0.5) is 5.69 Å². The van der Waals surface area contributed by atoms with E-state index < -0.39 is 5.91 Å². The molecule has 178 valence electrons. The zero-order chi connectivity index (χ0) is 25.1. The van der Waals surface area contributed by atoms with Crippen LogP contribution in [-0.4, -0.2) is 21.8 Å². The lowest BCUT2D eigenvalue weighted by atomic mass is 9.97. The van der Waals surface area contributed by atoms with E-state index in [1.54, 1.807) is 29.8 Å². The van der Waals surface area contributed by atoms with Crippen molar-refractivity contribution < 1.29 is 9.59 Å². The number of carbonyl (C=O) groups excluding carboxylic acids is 2. The van der Waals surface area contributed by atoms with E-state index in [1.807, 2.05) is 73.0 Å². The number of amides is 2. The number of carbonyl (C=O) groups is 2. The van der Waals surface area contributed by atoms with Crippen LogP contribution in [0.3, 0.4) is 0 Å². The van der Waals surface area contributed by atoms with Crippen LogP contribution in [0.1, 0.15) is 29.5 Å². The standard InChI is InChI=1S/C29H24N4O2S/c1-18(19-7-9-20(10-8-19)22-11-12-36-17-22)29(35)33-24-14-26-23(15-31-28(26)32-16-24)13-25(27(30)34)21-5-3-2-4-6-21/h2-18H,1H3,(H2,30,34)(H,31,32)(H,33,35). The number of fused-ring (bicyclic) bond motifs is 1. The van der Waals surface area contributed by atoms with Gasteiger partial charge in [0.05, 0.1) is 17.8 Å². The van der Waals surface area contributed by atoms with Crippen LogP contribution in [-0.2, 0) is 9.59 Å². The van der Waals surface area contributed by atoms with Gasteiger partial charge in [-0.3, -0.25) is 9.59 Å². The first-order valence-electron chi connectivity index (χ1n) is 11.5. The Morgan fingerprint density at radius 2 is 1.83 bits per heavy atom. The van der Waals surface area contributed by atoms with Gasteiger partial charge in [0.15, 0.2) is 0 Å². The summed E-state index contributed by atoms with van der Waals surface area (Å²) in [4.78, 5) is 32.7. The first-order chi connectivity index (χ1) is 17.5. The van der Waals surface area contributed by atoms with E-state index in [0.717, 1.165) is 27.6 Å². The summed E-state index contributed by atoms with van der Waals surface area (Å²) in [5.74, 6) is -0.997. The number of hydrogen-bond donors (Lipinski definition) is 3. The van der Waals surface area contributed by atoms with Gasteiger partial charge >= 0.3 is 0 Å². The first-order valence-corrected chi connectivity index (χ1v) is 12.4. The van der Waals surface area contributed by atoms with Crippen LogP contribution < -0.4 is 11.1 Å². The highest BCUT2D eigenvalue weighted by molar-refractivity contribution is 7.08. The minimum Gasteiger partial charge on any atom is -0.366 e. The molecule has 2 amide bonds. The number of anilines is 1. The number of nitrogens with zero attached hydrogens (tertiary/aromatic N) is 1. The molecule has 1 atom stereocenters. The average Bonchev–Trinajstić information content (AvgIpc) is 3.58.